The van der Waals surface area contributed by atoms with Crippen LogP contribution in [0.2, 0.25) is 0 Å². The van der Waals surface area contributed by atoms with Gasteiger partial charge in [-0.1, -0.05) is 12.1 Å². The first-order chi connectivity index (χ1) is 8.81. The predicted octanol–water partition coefficient (Wildman–Crippen LogP) is 2.57. The molecule has 1 aromatic heterocycles. The van der Waals surface area contributed by atoms with E-state index in [1.165, 1.54) is 0 Å². The van der Waals surface area contributed by atoms with Crippen molar-refractivity contribution in [2.75, 3.05) is 12.4 Å². The van der Waals surface area contributed by atoms with E-state index in [-0.39, 0.29) is 0 Å². The minimum absolute atomic E-state index is 0.575. The molecule has 90 valence electrons. The van der Waals surface area contributed by atoms with Crippen molar-refractivity contribution >= 4 is 5.69 Å². The highest BCUT2D eigenvalue weighted by Crippen LogP contribution is 2.14. The first-order valence-corrected chi connectivity index (χ1v) is 5.55. The van der Waals surface area contributed by atoms with Gasteiger partial charge in [-0.3, -0.25) is 0 Å². The number of hydrogen-bond acceptors (Lipinski definition) is 4. The number of pyridine rings is 1. The fraction of sp³-hybridized carbons (Fsp3) is 0.143. The van der Waals surface area contributed by atoms with Gasteiger partial charge in [-0.05, 0) is 23.8 Å². The van der Waals surface area contributed by atoms with Crippen LogP contribution in [0.15, 0.2) is 42.6 Å². The number of nitriles is 1. The Bertz CT molecular complexity index is 575. The fourth-order valence-electron chi connectivity index (χ4n) is 1.59. The molecule has 0 saturated heterocycles. The fourth-order valence-corrected chi connectivity index (χ4v) is 1.59. The van der Waals surface area contributed by atoms with Gasteiger partial charge in [0.15, 0.2) is 0 Å². The van der Waals surface area contributed by atoms with Gasteiger partial charge in [-0.25, -0.2) is 4.98 Å². The van der Waals surface area contributed by atoms with Crippen LogP contribution in [-0.4, -0.2) is 12.1 Å². The molecule has 0 aliphatic heterocycles. The van der Waals surface area contributed by atoms with E-state index < -0.39 is 0 Å². The van der Waals surface area contributed by atoms with Gasteiger partial charge in [0.05, 0.1) is 18.7 Å². The number of anilines is 1. The summed E-state index contributed by atoms with van der Waals surface area (Å²) in [6.07, 6.45) is 1.69. The van der Waals surface area contributed by atoms with Gasteiger partial charge >= 0.3 is 0 Å². The molecule has 2 rings (SSSR count). The molecule has 4 heteroatoms. The van der Waals surface area contributed by atoms with E-state index in [1.807, 2.05) is 30.3 Å². The summed E-state index contributed by atoms with van der Waals surface area (Å²) in [4.78, 5) is 4.03. The standard InChI is InChI=1S/C14H13N3O/c1-18-14-8-13(5-6-16-14)17-10-12-4-2-3-11(7-12)9-15/h2-8H,10H2,1H3,(H,16,17). The Morgan fingerprint density at radius 3 is 3.00 bits per heavy atom. The summed E-state index contributed by atoms with van der Waals surface area (Å²) >= 11 is 0. The van der Waals surface area contributed by atoms with E-state index in [4.69, 9.17) is 10.00 Å². The summed E-state index contributed by atoms with van der Waals surface area (Å²) in [6.45, 7) is 0.655. The van der Waals surface area contributed by atoms with E-state index in [0.717, 1.165) is 11.3 Å². The Balaban J connectivity index is 2.04. The van der Waals surface area contributed by atoms with Crippen LogP contribution in [0.3, 0.4) is 0 Å². The Morgan fingerprint density at radius 1 is 1.33 bits per heavy atom. The van der Waals surface area contributed by atoms with Gasteiger partial charge in [-0.15, -0.1) is 0 Å². The first kappa shape index (κ1) is 11.9. The van der Waals surface area contributed by atoms with Crippen LogP contribution < -0.4 is 10.1 Å². The highest BCUT2D eigenvalue weighted by Gasteiger charge is 1.98. The first-order valence-electron chi connectivity index (χ1n) is 5.55. The Hall–Kier alpha value is -2.54. The van der Waals surface area contributed by atoms with E-state index >= 15 is 0 Å². The number of hydrogen-bond donors (Lipinski definition) is 1. The second-order valence-electron chi connectivity index (χ2n) is 3.75. The smallest absolute Gasteiger partial charge is 0.214 e. The van der Waals surface area contributed by atoms with Crippen molar-refractivity contribution in [2.24, 2.45) is 0 Å². The maximum absolute atomic E-state index is 8.82. The normalized spacial score (nSPS) is 9.56. The minimum atomic E-state index is 0.575. The number of nitrogens with zero attached hydrogens (tertiary/aromatic N) is 2. The highest BCUT2D eigenvalue weighted by molar-refractivity contribution is 5.46. The lowest BCUT2D eigenvalue weighted by atomic mass is 10.1. The molecule has 1 aromatic carbocycles. The average molecular weight is 239 g/mol. The predicted molar refractivity (Wildman–Crippen MR) is 69.3 cm³/mol. The summed E-state index contributed by atoms with van der Waals surface area (Å²) < 4.78 is 5.05. The number of aromatic nitrogens is 1. The number of ether oxygens (including phenoxy) is 1. The van der Waals surface area contributed by atoms with Crippen LogP contribution in [0, 0.1) is 11.3 Å². The molecule has 0 atom stereocenters. The lowest BCUT2D eigenvalue weighted by Gasteiger charge is -2.07. The zero-order valence-electron chi connectivity index (χ0n) is 10.1. The molecule has 0 spiro atoms. The van der Waals surface area contributed by atoms with Crippen LogP contribution in [0.1, 0.15) is 11.1 Å². The average Bonchev–Trinajstić information content (AvgIpc) is 2.45. The lowest BCUT2D eigenvalue weighted by molar-refractivity contribution is 0.398. The van der Waals surface area contributed by atoms with Crippen LogP contribution in [0.5, 0.6) is 5.88 Å². The van der Waals surface area contributed by atoms with Gasteiger partial charge in [-0.2, -0.15) is 5.26 Å². The summed E-state index contributed by atoms with van der Waals surface area (Å²) in [5.41, 5.74) is 2.66. The second-order valence-corrected chi connectivity index (χ2v) is 3.75. The number of nitrogens with one attached hydrogen (secondary N) is 1. The molecule has 0 amide bonds. The monoisotopic (exact) mass is 239 g/mol. The molecule has 0 fully saturated rings. The molecule has 0 aliphatic carbocycles. The van der Waals surface area contributed by atoms with Crippen molar-refractivity contribution in [3.63, 3.8) is 0 Å². The maximum atomic E-state index is 8.82. The van der Waals surface area contributed by atoms with E-state index in [1.54, 1.807) is 19.4 Å². The second kappa shape index (κ2) is 5.69. The van der Waals surface area contributed by atoms with Crippen molar-refractivity contribution < 1.29 is 4.74 Å². The summed E-state index contributed by atoms with van der Waals surface area (Å²) in [5, 5.41) is 12.1. The van der Waals surface area contributed by atoms with Crippen molar-refractivity contribution in [1.82, 2.24) is 4.98 Å². The van der Waals surface area contributed by atoms with Crippen molar-refractivity contribution in [1.29, 1.82) is 5.26 Å². The molecule has 4 nitrogen and oxygen atoms in total. The van der Waals surface area contributed by atoms with Gasteiger partial charge in [0.2, 0.25) is 5.88 Å². The third kappa shape index (κ3) is 2.98. The molecule has 0 unspecified atom stereocenters. The topological polar surface area (TPSA) is 57.9 Å². The molecule has 2 aromatic rings. The molecule has 0 aliphatic rings. The summed E-state index contributed by atoms with van der Waals surface area (Å²) in [5.74, 6) is 0.575. The Labute approximate surface area is 106 Å². The molecule has 0 saturated carbocycles. The number of rotatable bonds is 4. The molecule has 18 heavy (non-hydrogen) atoms. The van der Waals surface area contributed by atoms with Crippen LogP contribution in [-0.2, 0) is 6.54 Å². The minimum Gasteiger partial charge on any atom is -0.481 e. The molecule has 1 heterocycles. The highest BCUT2D eigenvalue weighted by atomic mass is 16.5. The van der Waals surface area contributed by atoms with Gasteiger partial charge in [0.1, 0.15) is 0 Å². The van der Waals surface area contributed by atoms with Crippen LogP contribution in [0.25, 0.3) is 0 Å². The third-order valence-corrected chi connectivity index (χ3v) is 2.50. The molecule has 0 bridgehead atoms. The summed E-state index contributed by atoms with van der Waals surface area (Å²) in [6, 6.07) is 13.3. The number of methoxy groups -OCH3 is 1. The SMILES string of the molecule is COc1cc(NCc2cccc(C#N)c2)ccn1. The van der Waals surface area contributed by atoms with Crippen molar-refractivity contribution in [2.45, 2.75) is 6.54 Å². The maximum Gasteiger partial charge on any atom is 0.214 e. The molecular weight excluding hydrogens is 226 g/mol. The zero-order chi connectivity index (χ0) is 12.8. The molecule has 1 N–H and O–H groups in total. The van der Waals surface area contributed by atoms with Gasteiger partial charge in [0, 0.05) is 24.5 Å². The van der Waals surface area contributed by atoms with Gasteiger partial charge < -0.3 is 10.1 Å². The van der Waals surface area contributed by atoms with Crippen molar-refractivity contribution in [3.8, 4) is 11.9 Å². The quantitative estimate of drug-likeness (QED) is 0.890. The van der Waals surface area contributed by atoms with Crippen LogP contribution in [0.4, 0.5) is 5.69 Å². The Morgan fingerprint density at radius 2 is 2.22 bits per heavy atom. The van der Waals surface area contributed by atoms with E-state index in [2.05, 4.69) is 16.4 Å². The molecular formula is C14H13N3O. The zero-order valence-corrected chi connectivity index (χ0v) is 10.1. The lowest BCUT2D eigenvalue weighted by Crippen LogP contribution is -2.00. The van der Waals surface area contributed by atoms with E-state index in [9.17, 15) is 0 Å². The molecule has 0 radical (unpaired) electrons. The summed E-state index contributed by atoms with van der Waals surface area (Å²) in [7, 11) is 1.59. The van der Waals surface area contributed by atoms with Gasteiger partial charge in [0.25, 0.3) is 0 Å². The van der Waals surface area contributed by atoms with Crippen molar-refractivity contribution in [3.05, 3.63) is 53.7 Å². The van der Waals surface area contributed by atoms with E-state index in [0.29, 0.717) is 18.0 Å². The largest absolute Gasteiger partial charge is 0.481 e. The third-order valence-electron chi connectivity index (χ3n) is 2.50. The Kier molecular flexibility index (Phi) is 3.77. The number of benzene rings is 1. The van der Waals surface area contributed by atoms with Crippen LogP contribution >= 0.6 is 0 Å².